The number of rotatable bonds is 4. The SMILES string of the molecule is Cc1cc2ncn(CC(=O)Nc3cc(C4CC4)[nH]n3)c2cc1C. The smallest absolute Gasteiger partial charge is 0.245 e. The van der Waals surface area contributed by atoms with E-state index in [0.29, 0.717) is 11.7 Å². The molecule has 6 heteroatoms. The van der Waals surface area contributed by atoms with Gasteiger partial charge in [-0.15, -0.1) is 0 Å². The lowest BCUT2D eigenvalue weighted by Crippen LogP contribution is -2.18. The Kier molecular flexibility index (Phi) is 3.18. The molecule has 2 aromatic heterocycles. The van der Waals surface area contributed by atoms with Gasteiger partial charge in [-0.05, 0) is 49.9 Å². The lowest BCUT2D eigenvalue weighted by Gasteiger charge is -2.06. The topological polar surface area (TPSA) is 75.6 Å². The lowest BCUT2D eigenvalue weighted by atomic mass is 10.1. The van der Waals surface area contributed by atoms with Crippen molar-refractivity contribution >= 4 is 22.8 Å². The molecule has 3 aromatic rings. The maximum Gasteiger partial charge on any atom is 0.245 e. The fraction of sp³-hybridized carbons (Fsp3) is 0.353. The van der Waals surface area contributed by atoms with Crippen molar-refractivity contribution in [1.29, 1.82) is 0 Å². The van der Waals surface area contributed by atoms with E-state index in [9.17, 15) is 4.79 Å². The van der Waals surface area contributed by atoms with Gasteiger partial charge in [-0.25, -0.2) is 4.98 Å². The molecule has 4 rings (SSSR count). The van der Waals surface area contributed by atoms with Crippen molar-refractivity contribution < 1.29 is 4.79 Å². The zero-order chi connectivity index (χ0) is 16.0. The lowest BCUT2D eigenvalue weighted by molar-refractivity contribution is -0.116. The van der Waals surface area contributed by atoms with Crippen LogP contribution in [0, 0.1) is 13.8 Å². The third kappa shape index (κ3) is 2.72. The van der Waals surface area contributed by atoms with Crippen LogP contribution in [0.1, 0.15) is 35.6 Å². The summed E-state index contributed by atoms with van der Waals surface area (Å²) in [4.78, 5) is 16.6. The zero-order valence-electron chi connectivity index (χ0n) is 13.3. The fourth-order valence-corrected chi connectivity index (χ4v) is 2.78. The average Bonchev–Trinajstić information content (AvgIpc) is 3.16. The Hall–Kier alpha value is -2.63. The first-order chi connectivity index (χ1) is 11.1. The van der Waals surface area contributed by atoms with Crippen molar-refractivity contribution in [2.24, 2.45) is 0 Å². The van der Waals surface area contributed by atoms with E-state index < -0.39 is 0 Å². The number of carbonyl (C=O) groups is 1. The van der Waals surface area contributed by atoms with Crippen molar-refractivity contribution in [2.45, 2.75) is 39.2 Å². The van der Waals surface area contributed by atoms with Gasteiger partial charge in [-0.3, -0.25) is 9.89 Å². The number of anilines is 1. The van der Waals surface area contributed by atoms with Crippen molar-refractivity contribution in [3.05, 3.63) is 41.3 Å². The molecule has 2 heterocycles. The van der Waals surface area contributed by atoms with Crippen LogP contribution in [0.25, 0.3) is 11.0 Å². The Morgan fingerprint density at radius 2 is 2.09 bits per heavy atom. The van der Waals surface area contributed by atoms with Crippen LogP contribution < -0.4 is 5.32 Å². The third-order valence-electron chi connectivity index (χ3n) is 4.43. The molecule has 1 saturated carbocycles. The molecule has 1 aromatic carbocycles. The van der Waals surface area contributed by atoms with E-state index in [2.05, 4.69) is 46.5 Å². The van der Waals surface area contributed by atoms with E-state index in [4.69, 9.17) is 0 Å². The standard InChI is InChI=1S/C17H19N5O/c1-10-5-14-15(6-11(10)2)22(9-18-14)8-17(23)19-16-7-13(20-21-16)12-3-4-12/h5-7,9,12H,3-4,8H2,1-2H3,(H2,19,20,21,23). The Morgan fingerprint density at radius 1 is 1.30 bits per heavy atom. The van der Waals surface area contributed by atoms with Crippen LogP contribution in [0.3, 0.4) is 0 Å². The highest BCUT2D eigenvalue weighted by Gasteiger charge is 2.25. The number of H-pyrrole nitrogens is 1. The van der Waals surface area contributed by atoms with Gasteiger partial charge in [-0.2, -0.15) is 5.10 Å². The number of aromatic nitrogens is 4. The Labute approximate surface area is 133 Å². The second kappa shape index (κ2) is 5.22. The molecule has 23 heavy (non-hydrogen) atoms. The van der Waals surface area contributed by atoms with E-state index in [1.54, 1.807) is 6.33 Å². The van der Waals surface area contributed by atoms with Crippen LogP contribution in [-0.2, 0) is 11.3 Å². The van der Waals surface area contributed by atoms with Gasteiger partial charge in [0.1, 0.15) is 6.54 Å². The van der Waals surface area contributed by atoms with Gasteiger partial charge in [0.25, 0.3) is 0 Å². The summed E-state index contributed by atoms with van der Waals surface area (Å²) in [6.45, 7) is 4.36. The van der Waals surface area contributed by atoms with Crippen molar-refractivity contribution in [3.8, 4) is 0 Å². The summed E-state index contributed by atoms with van der Waals surface area (Å²) in [6, 6.07) is 6.05. The molecular formula is C17H19N5O. The summed E-state index contributed by atoms with van der Waals surface area (Å²) in [7, 11) is 0. The highest BCUT2D eigenvalue weighted by atomic mass is 16.2. The van der Waals surface area contributed by atoms with E-state index in [1.165, 1.54) is 24.0 Å². The summed E-state index contributed by atoms with van der Waals surface area (Å²) in [5.41, 5.74) is 5.40. The van der Waals surface area contributed by atoms with Crippen LogP contribution >= 0.6 is 0 Å². The molecule has 0 aliphatic heterocycles. The molecule has 1 amide bonds. The molecule has 1 aliphatic carbocycles. The summed E-state index contributed by atoms with van der Waals surface area (Å²) in [6.07, 6.45) is 4.12. The average molecular weight is 309 g/mol. The highest BCUT2D eigenvalue weighted by Crippen LogP contribution is 2.39. The summed E-state index contributed by atoms with van der Waals surface area (Å²) >= 11 is 0. The molecule has 0 spiro atoms. The first-order valence-corrected chi connectivity index (χ1v) is 7.87. The summed E-state index contributed by atoms with van der Waals surface area (Å²) in [5, 5.41) is 9.99. The number of nitrogens with zero attached hydrogens (tertiary/aromatic N) is 3. The third-order valence-corrected chi connectivity index (χ3v) is 4.43. The molecule has 0 bridgehead atoms. The number of hydrogen-bond acceptors (Lipinski definition) is 3. The quantitative estimate of drug-likeness (QED) is 0.778. The summed E-state index contributed by atoms with van der Waals surface area (Å²) in [5.74, 6) is 1.08. The highest BCUT2D eigenvalue weighted by molar-refractivity contribution is 5.90. The molecule has 0 atom stereocenters. The molecule has 0 radical (unpaired) electrons. The van der Waals surface area contributed by atoms with Gasteiger partial charge in [0.15, 0.2) is 5.82 Å². The van der Waals surface area contributed by atoms with Gasteiger partial charge in [0.05, 0.1) is 17.4 Å². The predicted molar refractivity (Wildman–Crippen MR) is 88.4 cm³/mol. The van der Waals surface area contributed by atoms with E-state index >= 15 is 0 Å². The minimum atomic E-state index is -0.101. The Balaban J connectivity index is 1.50. The predicted octanol–water partition coefficient (Wildman–Crippen LogP) is 2.89. The zero-order valence-corrected chi connectivity index (χ0v) is 13.3. The second-order valence-corrected chi connectivity index (χ2v) is 6.33. The number of hydrogen-bond donors (Lipinski definition) is 2. The number of carbonyl (C=O) groups excluding carboxylic acids is 1. The van der Waals surface area contributed by atoms with Crippen LogP contribution in [0.2, 0.25) is 0 Å². The maximum absolute atomic E-state index is 12.3. The molecule has 118 valence electrons. The maximum atomic E-state index is 12.3. The van der Waals surface area contributed by atoms with Gasteiger partial charge >= 0.3 is 0 Å². The first kappa shape index (κ1) is 14.0. The van der Waals surface area contributed by atoms with Gasteiger partial charge in [-0.1, -0.05) is 0 Å². The van der Waals surface area contributed by atoms with Crippen LogP contribution in [0.15, 0.2) is 24.5 Å². The second-order valence-electron chi connectivity index (χ2n) is 6.33. The Morgan fingerprint density at radius 3 is 2.87 bits per heavy atom. The molecular weight excluding hydrogens is 290 g/mol. The van der Waals surface area contributed by atoms with Crippen molar-refractivity contribution in [3.63, 3.8) is 0 Å². The molecule has 6 nitrogen and oxygen atoms in total. The Bertz CT molecular complexity index is 888. The number of nitrogens with one attached hydrogen (secondary N) is 2. The number of fused-ring (bicyclic) bond motifs is 1. The number of benzene rings is 1. The van der Waals surface area contributed by atoms with Crippen molar-refractivity contribution in [2.75, 3.05) is 5.32 Å². The largest absolute Gasteiger partial charge is 0.321 e. The number of imidazole rings is 1. The fourth-order valence-electron chi connectivity index (χ4n) is 2.78. The van der Waals surface area contributed by atoms with Gasteiger partial charge in [0, 0.05) is 17.7 Å². The molecule has 2 N–H and O–H groups in total. The number of aromatic amines is 1. The number of amides is 1. The van der Waals surface area contributed by atoms with Gasteiger partial charge < -0.3 is 9.88 Å². The van der Waals surface area contributed by atoms with E-state index in [-0.39, 0.29) is 12.5 Å². The number of aryl methyl sites for hydroxylation is 2. The van der Waals surface area contributed by atoms with E-state index in [0.717, 1.165) is 16.7 Å². The molecule has 1 aliphatic rings. The molecule has 1 fully saturated rings. The normalized spacial score (nSPS) is 14.3. The first-order valence-electron chi connectivity index (χ1n) is 7.87. The minimum Gasteiger partial charge on any atom is -0.321 e. The molecule has 0 unspecified atom stereocenters. The molecule has 0 saturated heterocycles. The summed E-state index contributed by atoms with van der Waals surface area (Å²) < 4.78 is 1.87. The van der Waals surface area contributed by atoms with Crippen molar-refractivity contribution in [1.82, 2.24) is 19.7 Å². The van der Waals surface area contributed by atoms with Crippen LogP contribution in [0.5, 0.6) is 0 Å². The minimum absolute atomic E-state index is 0.101. The van der Waals surface area contributed by atoms with E-state index in [1.807, 2.05) is 10.6 Å². The van der Waals surface area contributed by atoms with Crippen LogP contribution in [0.4, 0.5) is 5.82 Å². The monoisotopic (exact) mass is 309 g/mol. The van der Waals surface area contributed by atoms with Gasteiger partial charge in [0.2, 0.25) is 5.91 Å². The van der Waals surface area contributed by atoms with Crippen LogP contribution in [-0.4, -0.2) is 25.7 Å².